The predicted octanol–water partition coefficient (Wildman–Crippen LogP) is 3.89. The van der Waals surface area contributed by atoms with Crippen molar-refractivity contribution in [3.63, 3.8) is 0 Å². The highest BCUT2D eigenvalue weighted by Crippen LogP contribution is 2.25. The first-order valence-electron chi connectivity index (χ1n) is 5.60. The van der Waals surface area contributed by atoms with Gasteiger partial charge in [-0.25, -0.2) is 0 Å². The highest BCUT2D eigenvalue weighted by molar-refractivity contribution is 6.39. The molecule has 0 saturated carbocycles. The zero-order chi connectivity index (χ0) is 9.56. The van der Waals surface area contributed by atoms with Gasteiger partial charge >= 0.3 is 0 Å². The fourth-order valence-corrected chi connectivity index (χ4v) is 1.83. The summed E-state index contributed by atoms with van der Waals surface area (Å²) in [6.45, 7) is 11.7. The minimum atomic E-state index is 0.874. The molecule has 0 bridgehead atoms. The number of hydrogen-bond acceptors (Lipinski definition) is 0. The zero-order valence-electron chi connectivity index (χ0n) is 9.56. The summed E-state index contributed by atoms with van der Waals surface area (Å²) in [6.07, 6.45) is 4.12. The standard InChI is InChI=1S/C11H25B/c1-6-10(5)12-11(7-2)8-9(3)4/h9-12H,6-8H2,1-5H3. The Morgan fingerprint density at radius 1 is 1.00 bits per heavy atom. The molecule has 0 saturated heterocycles. The lowest BCUT2D eigenvalue weighted by Crippen LogP contribution is -2.10. The molecule has 12 heavy (non-hydrogen) atoms. The van der Waals surface area contributed by atoms with E-state index in [-0.39, 0.29) is 0 Å². The van der Waals surface area contributed by atoms with Gasteiger partial charge in [0.2, 0.25) is 0 Å². The van der Waals surface area contributed by atoms with Crippen molar-refractivity contribution in [2.75, 3.05) is 0 Å². The Labute approximate surface area is 79.4 Å². The molecule has 1 heteroatoms. The van der Waals surface area contributed by atoms with Crippen molar-refractivity contribution in [3.8, 4) is 0 Å². The maximum absolute atomic E-state index is 2.38. The van der Waals surface area contributed by atoms with Crippen molar-refractivity contribution in [2.45, 2.75) is 65.5 Å². The van der Waals surface area contributed by atoms with Gasteiger partial charge in [0, 0.05) is 0 Å². The Morgan fingerprint density at radius 2 is 1.58 bits per heavy atom. The van der Waals surface area contributed by atoms with E-state index in [0.29, 0.717) is 0 Å². The van der Waals surface area contributed by atoms with Gasteiger partial charge in [0.05, 0.1) is 0 Å². The van der Waals surface area contributed by atoms with Crippen molar-refractivity contribution in [1.29, 1.82) is 0 Å². The van der Waals surface area contributed by atoms with Crippen LogP contribution in [0.4, 0.5) is 0 Å². The number of hydrogen-bond donors (Lipinski definition) is 0. The summed E-state index contributed by atoms with van der Waals surface area (Å²) in [7, 11) is 1.44. The monoisotopic (exact) mass is 168 g/mol. The van der Waals surface area contributed by atoms with Crippen LogP contribution >= 0.6 is 0 Å². The molecule has 72 valence electrons. The first-order valence-corrected chi connectivity index (χ1v) is 5.60. The molecule has 0 aromatic carbocycles. The van der Waals surface area contributed by atoms with Gasteiger partial charge in [-0.05, 0) is 5.92 Å². The second-order valence-electron chi connectivity index (χ2n) is 4.65. The maximum atomic E-state index is 2.38. The molecule has 0 aliphatic heterocycles. The van der Waals surface area contributed by atoms with Crippen LogP contribution < -0.4 is 0 Å². The predicted molar refractivity (Wildman–Crippen MR) is 60.4 cm³/mol. The largest absolute Gasteiger partial charge is 0.127 e. The van der Waals surface area contributed by atoms with Gasteiger partial charge in [0.1, 0.15) is 7.28 Å². The molecule has 0 aliphatic carbocycles. The normalized spacial score (nSPS) is 16.2. The second kappa shape index (κ2) is 6.57. The van der Waals surface area contributed by atoms with Crippen LogP contribution in [0.25, 0.3) is 0 Å². The first kappa shape index (κ1) is 12.1. The van der Waals surface area contributed by atoms with Crippen molar-refractivity contribution < 1.29 is 0 Å². The minimum Gasteiger partial charge on any atom is -0.0694 e. The number of rotatable bonds is 6. The van der Waals surface area contributed by atoms with E-state index < -0.39 is 0 Å². The van der Waals surface area contributed by atoms with Crippen molar-refractivity contribution in [1.82, 2.24) is 0 Å². The van der Waals surface area contributed by atoms with Crippen LogP contribution in [0.1, 0.15) is 53.9 Å². The van der Waals surface area contributed by atoms with Crippen molar-refractivity contribution >= 4 is 7.28 Å². The van der Waals surface area contributed by atoms with Gasteiger partial charge in [-0.15, -0.1) is 0 Å². The molecule has 0 heterocycles. The Hall–Kier alpha value is 0.0649. The highest BCUT2D eigenvalue weighted by Gasteiger charge is 2.13. The second-order valence-corrected chi connectivity index (χ2v) is 4.65. The summed E-state index contributed by atoms with van der Waals surface area (Å²) in [6, 6.07) is 0. The molecule has 0 rings (SSSR count). The molecule has 0 N–H and O–H groups in total. The fraction of sp³-hybridized carbons (Fsp3) is 1.00. The third-order valence-corrected chi connectivity index (χ3v) is 2.81. The summed E-state index contributed by atoms with van der Waals surface area (Å²) < 4.78 is 0. The first-order chi connectivity index (χ1) is 5.60. The molecule has 0 spiro atoms. The molecule has 0 aliphatic rings. The van der Waals surface area contributed by atoms with E-state index in [9.17, 15) is 0 Å². The van der Waals surface area contributed by atoms with Crippen LogP contribution in [0.15, 0.2) is 0 Å². The van der Waals surface area contributed by atoms with E-state index in [1.807, 2.05) is 0 Å². The topological polar surface area (TPSA) is 0 Å². The van der Waals surface area contributed by atoms with Gasteiger partial charge in [-0.2, -0.15) is 0 Å². The van der Waals surface area contributed by atoms with Gasteiger partial charge < -0.3 is 0 Å². The summed E-state index contributed by atoms with van der Waals surface area (Å²) in [5.41, 5.74) is 0. The van der Waals surface area contributed by atoms with Gasteiger partial charge in [0.25, 0.3) is 0 Å². The Kier molecular flexibility index (Phi) is 6.60. The third-order valence-electron chi connectivity index (χ3n) is 2.81. The van der Waals surface area contributed by atoms with E-state index in [1.165, 1.54) is 26.5 Å². The summed E-state index contributed by atoms with van der Waals surface area (Å²) >= 11 is 0. The highest BCUT2D eigenvalue weighted by atomic mass is 14.1. The molecular formula is C11H25B. The lowest BCUT2D eigenvalue weighted by Gasteiger charge is -2.18. The third kappa shape index (κ3) is 5.68. The van der Waals surface area contributed by atoms with Crippen LogP contribution in [-0.2, 0) is 0 Å². The zero-order valence-corrected chi connectivity index (χ0v) is 9.56. The average Bonchev–Trinajstić information content (AvgIpc) is 2.02. The molecule has 0 amide bonds. The van der Waals surface area contributed by atoms with Gasteiger partial charge in [0.15, 0.2) is 0 Å². The molecule has 0 nitrogen and oxygen atoms in total. The van der Waals surface area contributed by atoms with Gasteiger partial charge in [-0.3, -0.25) is 0 Å². The molecule has 0 aromatic rings. The molecule has 0 radical (unpaired) electrons. The quantitative estimate of drug-likeness (QED) is 0.528. The molecule has 2 unspecified atom stereocenters. The van der Waals surface area contributed by atoms with Crippen LogP contribution in [0.5, 0.6) is 0 Å². The van der Waals surface area contributed by atoms with Crippen LogP contribution in [0.3, 0.4) is 0 Å². The van der Waals surface area contributed by atoms with Crippen molar-refractivity contribution in [3.05, 3.63) is 0 Å². The Bertz CT molecular complexity index is 99.2. The molecule has 0 aromatic heterocycles. The van der Waals surface area contributed by atoms with E-state index in [4.69, 9.17) is 0 Å². The summed E-state index contributed by atoms with van der Waals surface area (Å²) in [4.78, 5) is 0. The maximum Gasteiger partial charge on any atom is 0.127 e. The minimum absolute atomic E-state index is 0.874. The van der Waals surface area contributed by atoms with Gasteiger partial charge in [-0.1, -0.05) is 65.5 Å². The van der Waals surface area contributed by atoms with E-state index in [1.54, 1.807) is 0 Å². The lowest BCUT2D eigenvalue weighted by atomic mass is 9.52. The van der Waals surface area contributed by atoms with E-state index in [2.05, 4.69) is 34.6 Å². The smallest absolute Gasteiger partial charge is 0.0694 e. The van der Waals surface area contributed by atoms with Crippen molar-refractivity contribution in [2.24, 2.45) is 5.92 Å². The van der Waals surface area contributed by atoms with E-state index >= 15 is 0 Å². The molecular weight excluding hydrogens is 143 g/mol. The summed E-state index contributed by atoms with van der Waals surface area (Å²) in [5, 5.41) is 0. The van der Waals surface area contributed by atoms with E-state index in [0.717, 1.165) is 17.6 Å². The molecule has 2 atom stereocenters. The Balaban J connectivity index is 3.66. The lowest BCUT2D eigenvalue weighted by molar-refractivity contribution is 0.542. The SMILES string of the molecule is CCC(C)BC(CC)CC(C)C. The summed E-state index contributed by atoms with van der Waals surface area (Å²) in [5.74, 6) is 2.77. The van der Waals surface area contributed by atoms with Crippen LogP contribution in [0.2, 0.25) is 11.6 Å². The van der Waals surface area contributed by atoms with Crippen LogP contribution in [0, 0.1) is 5.92 Å². The Morgan fingerprint density at radius 3 is 1.92 bits per heavy atom. The fourth-order valence-electron chi connectivity index (χ4n) is 1.83. The van der Waals surface area contributed by atoms with Crippen LogP contribution in [-0.4, -0.2) is 7.28 Å². The molecule has 0 fully saturated rings. The average molecular weight is 168 g/mol.